The Hall–Kier alpha value is -1.56. The Labute approximate surface area is 271 Å². The number of aliphatic carboxylic acids is 1. The van der Waals surface area contributed by atoms with Crippen molar-refractivity contribution in [1.29, 1.82) is 0 Å². The molecule has 7 rings (SSSR count). The van der Waals surface area contributed by atoms with Crippen molar-refractivity contribution < 1.29 is 49.3 Å². The van der Waals surface area contributed by atoms with Crippen LogP contribution >= 0.6 is 0 Å². The molecule has 0 radical (unpaired) electrons. The highest BCUT2D eigenvalue weighted by molar-refractivity contribution is 5.88. The first-order chi connectivity index (χ1) is 21.6. The lowest BCUT2D eigenvalue weighted by Crippen LogP contribution is -2.63. The van der Waals surface area contributed by atoms with E-state index >= 15 is 0 Å². The molecule has 0 amide bonds. The molecule has 258 valence electrons. The number of carboxylic acids is 1. The van der Waals surface area contributed by atoms with E-state index in [0.29, 0.717) is 23.8 Å². The molecule has 0 bridgehead atoms. The summed E-state index contributed by atoms with van der Waals surface area (Å²) in [6, 6.07) is 0. The van der Waals surface area contributed by atoms with Crippen molar-refractivity contribution in [3.8, 4) is 0 Å². The molecule has 10 heteroatoms. The fourth-order valence-corrected chi connectivity index (χ4v) is 13.0. The lowest BCUT2D eigenvalue weighted by molar-refractivity contribution is -0.326. The predicted molar refractivity (Wildman–Crippen MR) is 165 cm³/mol. The molecular formula is C36H54O10. The smallest absolute Gasteiger partial charge is 0.333 e. The van der Waals surface area contributed by atoms with Crippen LogP contribution in [0.4, 0.5) is 0 Å². The van der Waals surface area contributed by atoms with Crippen LogP contribution in [0.2, 0.25) is 0 Å². The number of carbonyl (C=O) groups is 2. The summed E-state index contributed by atoms with van der Waals surface area (Å²) < 4.78 is 17.9. The summed E-state index contributed by atoms with van der Waals surface area (Å²) in [5.41, 5.74) is -0.273. The topological polar surface area (TPSA) is 163 Å². The summed E-state index contributed by atoms with van der Waals surface area (Å²) in [7, 11) is 0. The monoisotopic (exact) mass is 646 g/mol. The van der Waals surface area contributed by atoms with Gasteiger partial charge in [0.1, 0.15) is 30.5 Å². The third kappa shape index (κ3) is 4.09. The highest BCUT2D eigenvalue weighted by Gasteiger charge is 2.83. The molecule has 0 aromatic rings. The van der Waals surface area contributed by atoms with Gasteiger partial charge in [-0.15, -0.1) is 0 Å². The number of esters is 1. The molecule has 1 saturated heterocycles. The molecule has 7 aliphatic rings. The Morgan fingerprint density at radius 1 is 0.957 bits per heavy atom. The Bertz CT molecular complexity index is 1300. The van der Waals surface area contributed by atoms with Crippen LogP contribution in [-0.2, 0) is 23.8 Å². The number of ether oxygens (including phenoxy) is 3. The van der Waals surface area contributed by atoms with E-state index in [-0.39, 0.29) is 45.6 Å². The zero-order chi connectivity index (χ0) is 33.2. The van der Waals surface area contributed by atoms with Crippen LogP contribution < -0.4 is 0 Å². The summed E-state index contributed by atoms with van der Waals surface area (Å²) in [6.45, 7) is 10.3. The lowest BCUT2D eigenvalue weighted by Gasteiger charge is -2.63. The van der Waals surface area contributed by atoms with Gasteiger partial charge in [0, 0.05) is 12.0 Å². The second-order valence-electron chi connectivity index (χ2n) is 17.0. The summed E-state index contributed by atoms with van der Waals surface area (Å²) in [5, 5.41) is 51.8. The maximum atomic E-state index is 13.3. The molecule has 0 unspecified atom stereocenters. The maximum Gasteiger partial charge on any atom is 0.333 e. The molecule has 5 N–H and O–H groups in total. The second-order valence-corrected chi connectivity index (χ2v) is 17.0. The molecular weight excluding hydrogens is 592 g/mol. The number of carbonyl (C=O) groups excluding carboxylic acids is 1. The average Bonchev–Trinajstić information content (AvgIpc) is 3.61. The summed E-state index contributed by atoms with van der Waals surface area (Å²) in [5.74, 6) is 0.0206. The minimum Gasteiger partial charge on any atom is -0.481 e. The van der Waals surface area contributed by atoms with Crippen molar-refractivity contribution in [2.24, 2.45) is 50.7 Å². The number of hydrogen-bond donors (Lipinski definition) is 5. The maximum absolute atomic E-state index is 13.3. The molecule has 2 heterocycles. The van der Waals surface area contributed by atoms with E-state index in [1.807, 2.05) is 13.0 Å². The molecule has 2 spiro atoms. The predicted octanol–water partition coefficient (Wildman–Crippen LogP) is 3.57. The Kier molecular flexibility index (Phi) is 7.68. The Morgan fingerprint density at radius 2 is 1.65 bits per heavy atom. The normalized spacial score (nSPS) is 55.2. The number of aliphatic hydroxyl groups is 4. The van der Waals surface area contributed by atoms with Gasteiger partial charge in [-0.2, -0.15) is 0 Å². The van der Waals surface area contributed by atoms with Crippen molar-refractivity contribution in [2.45, 2.75) is 142 Å². The lowest BCUT2D eigenvalue weighted by atomic mass is 9.41. The minimum absolute atomic E-state index is 0.0758. The van der Waals surface area contributed by atoms with Crippen LogP contribution in [0.15, 0.2) is 11.6 Å². The van der Waals surface area contributed by atoms with E-state index in [1.54, 1.807) is 6.92 Å². The average molecular weight is 647 g/mol. The molecule has 0 aromatic heterocycles. The zero-order valence-corrected chi connectivity index (χ0v) is 28.0. The van der Waals surface area contributed by atoms with Gasteiger partial charge in [0.05, 0.1) is 18.1 Å². The first kappa shape index (κ1) is 33.0. The zero-order valence-electron chi connectivity index (χ0n) is 28.0. The summed E-state index contributed by atoms with van der Waals surface area (Å²) in [6.07, 6.45) is 3.43. The van der Waals surface area contributed by atoms with Gasteiger partial charge in [-0.25, -0.2) is 4.79 Å². The molecule has 6 fully saturated rings. The fraction of sp³-hybridized carbons (Fsp3) is 0.889. The standard InChI is InChI=1S/C36H54O10/c1-18-6-7-21(44-29(18)41)19(2)20-10-12-33(4)23-8-9-24-34(5,31(42)43)25(46-30-28(40)27(39)26(38)22(16-37)45-30)11-13-35(24)17-36(23,35)15-14-32(20,33)3/h6,19-28,30,37-40H,7-17H2,1-5H3,(H,42,43)/t19-,20+,21-,22+,23-,24+,25+,26-,27-,28-,30-,32-,33+,34+,35+,36-/m1/s1. The third-order valence-corrected chi connectivity index (χ3v) is 15.8. The van der Waals surface area contributed by atoms with E-state index in [9.17, 15) is 35.1 Å². The van der Waals surface area contributed by atoms with Gasteiger partial charge in [0.2, 0.25) is 0 Å². The first-order valence-electron chi connectivity index (χ1n) is 17.7. The van der Waals surface area contributed by atoms with Gasteiger partial charge in [-0.1, -0.05) is 26.8 Å². The van der Waals surface area contributed by atoms with E-state index in [4.69, 9.17) is 14.2 Å². The number of aliphatic hydroxyl groups excluding tert-OH is 4. The Balaban J connectivity index is 1.13. The van der Waals surface area contributed by atoms with E-state index < -0.39 is 54.8 Å². The number of hydrogen-bond acceptors (Lipinski definition) is 9. The van der Waals surface area contributed by atoms with E-state index in [0.717, 1.165) is 57.8 Å². The van der Waals surface area contributed by atoms with Crippen LogP contribution in [0.25, 0.3) is 0 Å². The van der Waals surface area contributed by atoms with Crippen molar-refractivity contribution in [3.63, 3.8) is 0 Å². The highest BCUT2D eigenvalue weighted by Crippen LogP contribution is 2.89. The van der Waals surface area contributed by atoms with Crippen LogP contribution in [0.5, 0.6) is 0 Å². The molecule has 46 heavy (non-hydrogen) atoms. The number of rotatable bonds is 6. The molecule has 0 aromatic carbocycles. The van der Waals surface area contributed by atoms with Crippen molar-refractivity contribution in [3.05, 3.63) is 11.6 Å². The van der Waals surface area contributed by atoms with Crippen molar-refractivity contribution in [2.75, 3.05) is 6.61 Å². The molecule has 10 nitrogen and oxygen atoms in total. The van der Waals surface area contributed by atoms with Gasteiger partial charge < -0.3 is 39.7 Å². The fourth-order valence-electron chi connectivity index (χ4n) is 13.0. The third-order valence-electron chi connectivity index (χ3n) is 15.8. The summed E-state index contributed by atoms with van der Waals surface area (Å²) in [4.78, 5) is 25.7. The second kappa shape index (κ2) is 10.7. The summed E-state index contributed by atoms with van der Waals surface area (Å²) >= 11 is 0. The molecule has 5 aliphatic carbocycles. The van der Waals surface area contributed by atoms with Crippen LogP contribution in [0.1, 0.15) is 98.8 Å². The van der Waals surface area contributed by atoms with Crippen LogP contribution in [-0.4, -0.2) is 87.0 Å². The van der Waals surface area contributed by atoms with Gasteiger partial charge >= 0.3 is 11.9 Å². The SMILES string of the molecule is CC1=CC[C@H]([C@H](C)[C@@H]2CC[C@@]3(C)[C@H]4CC[C@H]5[C@](C)(C(=O)O)[C@@H](O[C@H]6O[C@@H](CO)[C@@H](O)[C@@H](O)[C@H]6O)CC[C@]56C[C@]46CC[C@]23C)OC1=O. The highest BCUT2D eigenvalue weighted by atomic mass is 16.7. The van der Waals surface area contributed by atoms with E-state index in [2.05, 4.69) is 20.8 Å². The van der Waals surface area contributed by atoms with Crippen molar-refractivity contribution in [1.82, 2.24) is 0 Å². The molecule has 5 saturated carbocycles. The van der Waals surface area contributed by atoms with E-state index in [1.165, 1.54) is 0 Å². The molecule has 2 aliphatic heterocycles. The Morgan fingerprint density at radius 3 is 2.33 bits per heavy atom. The van der Waals surface area contributed by atoms with Gasteiger partial charge in [-0.3, -0.25) is 4.79 Å². The van der Waals surface area contributed by atoms with Gasteiger partial charge in [-0.05, 0) is 117 Å². The van der Waals surface area contributed by atoms with Crippen molar-refractivity contribution >= 4 is 11.9 Å². The number of carboxylic acid groups (broad SMARTS) is 1. The van der Waals surface area contributed by atoms with Gasteiger partial charge in [0.25, 0.3) is 0 Å². The first-order valence-corrected chi connectivity index (χ1v) is 17.7. The molecule has 16 atom stereocenters. The van der Waals surface area contributed by atoms with Crippen LogP contribution in [0.3, 0.4) is 0 Å². The van der Waals surface area contributed by atoms with Crippen LogP contribution in [0, 0.1) is 50.7 Å². The van der Waals surface area contributed by atoms with Gasteiger partial charge in [0.15, 0.2) is 6.29 Å². The minimum atomic E-state index is -1.58. The largest absolute Gasteiger partial charge is 0.481 e. The number of fused-ring (bicyclic) bond motifs is 2. The quantitative estimate of drug-likeness (QED) is 0.213. The number of cyclic esters (lactones) is 1.